The maximum Gasteiger partial charge on any atom is 0.328 e. The minimum absolute atomic E-state index is 0.172. The SMILES string of the molecule is [2H]C([2H])([2H])N(C(=N)N)N1CC(=O)OC(C)CCCCCCCCCCC(=O)NC1=N. The van der Waals surface area contributed by atoms with E-state index in [-0.39, 0.29) is 12.5 Å². The van der Waals surface area contributed by atoms with Crippen molar-refractivity contribution < 1.29 is 18.4 Å². The van der Waals surface area contributed by atoms with E-state index in [1.807, 2.05) is 0 Å². The van der Waals surface area contributed by atoms with Gasteiger partial charge < -0.3 is 10.5 Å². The van der Waals surface area contributed by atoms with Crippen LogP contribution < -0.4 is 11.1 Å². The number of hydrogen-bond acceptors (Lipinski definition) is 5. The fourth-order valence-corrected chi connectivity index (χ4v) is 2.86. The Balaban J connectivity index is 3.00. The molecule has 9 heteroatoms. The van der Waals surface area contributed by atoms with Crippen LogP contribution in [0.25, 0.3) is 0 Å². The molecule has 0 aromatic heterocycles. The predicted molar refractivity (Wildman–Crippen MR) is 104 cm³/mol. The first-order chi connectivity index (χ1) is 14.0. The third-order valence-electron chi connectivity index (χ3n) is 4.36. The Bertz CT molecular complexity index is 614. The van der Waals surface area contributed by atoms with Crippen molar-refractivity contribution in [3.05, 3.63) is 0 Å². The van der Waals surface area contributed by atoms with Crippen LogP contribution in [-0.4, -0.2) is 53.4 Å². The van der Waals surface area contributed by atoms with Gasteiger partial charge in [0.1, 0.15) is 6.54 Å². The van der Waals surface area contributed by atoms with Gasteiger partial charge in [0.25, 0.3) is 0 Å². The summed E-state index contributed by atoms with van der Waals surface area (Å²) in [6.45, 7) is -1.87. The van der Waals surface area contributed by atoms with E-state index in [0.29, 0.717) is 22.9 Å². The van der Waals surface area contributed by atoms with Crippen molar-refractivity contribution in [3.8, 4) is 0 Å². The molecule has 0 saturated carbocycles. The molecule has 154 valence electrons. The molecule has 0 aliphatic carbocycles. The van der Waals surface area contributed by atoms with Crippen LogP contribution in [0.5, 0.6) is 0 Å². The Kier molecular flexibility index (Phi) is 8.12. The van der Waals surface area contributed by atoms with Crippen molar-refractivity contribution in [2.75, 3.05) is 13.5 Å². The lowest BCUT2D eigenvalue weighted by atomic mass is 10.1. The molecule has 0 spiro atoms. The lowest BCUT2D eigenvalue weighted by molar-refractivity contribution is -0.151. The zero-order valence-corrected chi connectivity index (χ0v) is 16.1. The second kappa shape index (κ2) is 12.1. The van der Waals surface area contributed by atoms with Crippen molar-refractivity contribution in [3.63, 3.8) is 0 Å². The summed E-state index contributed by atoms with van der Waals surface area (Å²) in [6.07, 6.45) is 8.34. The number of amides is 1. The number of nitrogens with one attached hydrogen (secondary N) is 3. The summed E-state index contributed by atoms with van der Waals surface area (Å²) in [6, 6.07) is 0. The Morgan fingerprint density at radius 2 is 1.81 bits per heavy atom. The van der Waals surface area contributed by atoms with E-state index < -0.39 is 37.3 Å². The Labute approximate surface area is 165 Å². The molecule has 1 aliphatic heterocycles. The molecule has 0 aromatic carbocycles. The van der Waals surface area contributed by atoms with Crippen LogP contribution in [0.3, 0.4) is 0 Å². The first-order valence-electron chi connectivity index (χ1n) is 11.0. The molecular formula is C18H34N6O3. The largest absolute Gasteiger partial charge is 0.461 e. The van der Waals surface area contributed by atoms with E-state index >= 15 is 0 Å². The van der Waals surface area contributed by atoms with Crippen molar-refractivity contribution in [2.45, 2.75) is 77.2 Å². The van der Waals surface area contributed by atoms with Crippen LogP contribution >= 0.6 is 0 Å². The van der Waals surface area contributed by atoms with Crippen LogP contribution in [0, 0.1) is 10.8 Å². The first-order valence-corrected chi connectivity index (χ1v) is 9.52. The molecular weight excluding hydrogens is 348 g/mol. The van der Waals surface area contributed by atoms with Gasteiger partial charge in [0.05, 0.1) is 6.10 Å². The number of hydrazine groups is 1. The topological polar surface area (TPSA) is 136 Å². The number of rotatable bonds is 1. The molecule has 0 bridgehead atoms. The van der Waals surface area contributed by atoms with Gasteiger partial charge in [-0.1, -0.05) is 38.5 Å². The van der Waals surface area contributed by atoms with Gasteiger partial charge in [-0.25, -0.2) is 5.01 Å². The fourth-order valence-electron chi connectivity index (χ4n) is 2.86. The average molecular weight is 386 g/mol. The highest BCUT2D eigenvalue weighted by Gasteiger charge is 2.23. The predicted octanol–water partition coefficient (Wildman–Crippen LogP) is 1.93. The molecule has 27 heavy (non-hydrogen) atoms. The summed E-state index contributed by atoms with van der Waals surface area (Å²) >= 11 is 0. The third-order valence-corrected chi connectivity index (χ3v) is 4.36. The van der Waals surface area contributed by atoms with Crippen LogP contribution in [-0.2, 0) is 14.3 Å². The van der Waals surface area contributed by atoms with Gasteiger partial charge in [0, 0.05) is 17.5 Å². The fraction of sp³-hybridized carbons (Fsp3) is 0.778. The summed E-state index contributed by atoms with van der Waals surface area (Å²) in [5.41, 5.74) is 5.40. The normalized spacial score (nSPS) is 24.3. The molecule has 1 heterocycles. The van der Waals surface area contributed by atoms with Crippen molar-refractivity contribution >= 4 is 23.8 Å². The summed E-state index contributed by atoms with van der Waals surface area (Å²) < 4.78 is 28.1. The molecule has 5 N–H and O–H groups in total. The van der Waals surface area contributed by atoms with Crippen molar-refractivity contribution in [1.29, 1.82) is 10.8 Å². The second-order valence-corrected chi connectivity index (χ2v) is 6.82. The molecule has 0 radical (unpaired) electrons. The number of carbonyl (C=O) groups is 2. The van der Waals surface area contributed by atoms with Crippen molar-refractivity contribution in [2.24, 2.45) is 5.73 Å². The second-order valence-electron chi connectivity index (χ2n) is 6.82. The molecule has 9 nitrogen and oxygen atoms in total. The minimum atomic E-state index is -2.94. The van der Waals surface area contributed by atoms with E-state index in [2.05, 4.69) is 5.32 Å². The Hall–Kier alpha value is -2.32. The molecule has 0 aromatic rings. The smallest absolute Gasteiger partial charge is 0.328 e. The van der Waals surface area contributed by atoms with E-state index in [1.54, 1.807) is 6.92 Å². The van der Waals surface area contributed by atoms with Crippen molar-refractivity contribution in [1.82, 2.24) is 15.3 Å². The summed E-state index contributed by atoms with van der Waals surface area (Å²) in [4.78, 5) is 24.6. The maximum absolute atomic E-state index is 12.4. The molecule has 1 aliphatic rings. The minimum Gasteiger partial charge on any atom is -0.461 e. The monoisotopic (exact) mass is 385 g/mol. The van der Waals surface area contributed by atoms with Gasteiger partial charge in [0.15, 0.2) is 0 Å². The molecule has 1 fully saturated rings. The highest BCUT2D eigenvalue weighted by molar-refractivity contribution is 5.97. The molecule has 1 rings (SSSR count). The maximum atomic E-state index is 12.4. The highest BCUT2D eigenvalue weighted by atomic mass is 16.5. The molecule has 1 atom stereocenters. The lowest BCUT2D eigenvalue weighted by Crippen LogP contribution is -2.56. The average Bonchev–Trinajstić information content (AvgIpc) is 2.60. The quantitative estimate of drug-likeness (QED) is 0.309. The number of carbonyl (C=O) groups excluding carboxylic acids is 2. The van der Waals surface area contributed by atoms with Gasteiger partial charge >= 0.3 is 5.97 Å². The van der Waals surface area contributed by atoms with E-state index in [9.17, 15) is 9.59 Å². The van der Waals surface area contributed by atoms with Gasteiger partial charge in [-0.3, -0.25) is 30.7 Å². The number of guanidine groups is 2. The number of ether oxygens (including phenoxy) is 1. The number of nitrogens with two attached hydrogens (primary N) is 1. The zero-order valence-electron chi connectivity index (χ0n) is 19.1. The van der Waals surface area contributed by atoms with Crippen LogP contribution in [0.2, 0.25) is 0 Å². The van der Waals surface area contributed by atoms with E-state index in [0.717, 1.165) is 44.9 Å². The van der Waals surface area contributed by atoms with Gasteiger partial charge in [-0.05, 0) is 26.2 Å². The van der Waals surface area contributed by atoms with Gasteiger partial charge in [0.2, 0.25) is 17.8 Å². The Morgan fingerprint density at radius 1 is 1.22 bits per heavy atom. The summed E-state index contributed by atoms with van der Waals surface area (Å²) in [5.74, 6) is -2.80. The standard InChI is InChI=1S/C18H34N6O3/c1-14-11-9-7-5-3-4-6-8-10-12-15(25)22-18(21)24(13-16(26)27-14)23(2)17(19)20/h14H,3-13H2,1-2H3,(H3,19,20)(H2,21,22,25)/i2D3. The number of hydrogen-bond donors (Lipinski definition) is 4. The van der Waals surface area contributed by atoms with Crippen LogP contribution in [0.1, 0.15) is 75.2 Å². The van der Waals surface area contributed by atoms with Crippen LogP contribution in [0.4, 0.5) is 0 Å². The van der Waals surface area contributed by atoms with Crippen LogP contribution in [0.15, 0.2) is 0 Å². The molecule has 1 saturated heterocycles. The summed E-state index contributed by atoms with van der Waals surface area (Å²) in [7, 11) is 0. The lowest BCUT2D eigenvalue weighted by Gasteiger charge is -2.33. The Morgan fingerprint density at radius 3 is 2.41 bits per heavy atom. The van der Waals surface area contributed by atoms with E-state index in [4.69, 9.17) is 25.4 Å². The number of nitrogens with zero attached hydrogens (tertiary/aromatic N) is 2. The highest BCUT2D eigenvalue weighted by Crippen LogP contribution is 2.13. The third kappa shape index (κ3) is 9.25. The van der Waals surface area contributed by atoms with E-state index in [1.165, 1.54) is 0 Å². The zero-order chi connectivity index (χ0) is 22.7. The molecule has 1 amide bonds. The number of esters is 1. The number of cyclic esters (lactones) is 1. The summed E-state index contributed by atoms with van der Waals surface area (Å²) in [5, 5.41) is 19.0. The first kappa shape index (κ1) is 18.1. The van der Waals surface area contributed by atoms with Gasteiger partial charge in [-0.15, -0.1) is 0 Å². The molecule has 1 unspecified atom stereocenters. The van der Waals surface area contributed by atoms with Gasteiger partial charge in [-0.2, -0.15) is 0 Å².